The summed E-state index contributed by atoms with van der Waals surface area (Å²) < 4.78 is 15.8. The van der Waals surface area contributed by atoms with Gasteiger partial charge in [0.25, 0.3) is 0 Å². The molecule has 0 spiro atoms. The molecule has 2 rings (SSSR count). The summed E-state index contributed by atoms with van der Waals surface area (Å²) in [6.07, 6.45) is 0.990. The van der Waals surface area contributed by atoms with Crippen LogP contribution in [0, 0.1) is 12.7 Å². The van der Waals surface area contributed by atoms with Crippen LogP contribution in [0.2, 0.25) is 4.34 Å². The van der Waals surface area contributed by atoms with Crippen molar-refractivity contribution in [1.82, 2.24) is 5.32 Å². The van der Waals surface area contributed by atoms with Crippen LogP contribution < -0.4 is 5.32 Å². The quantitative estimate of drug-likeness (QED) is 0.705. The first-order valence-electron chi connectivity index (χ1n) is 6.47. The Morgan fingerprint density at radius 3 is 2.75 bits per heavy atom. The van der Waals surface area contributed by atoms with Crippen molar-refractivity contribution < 1.29 is 4.39 Å². The molecule has 2 aromatic rings. The average molecular weight is 377 g/mol. The minimum Gasteiger partial charge on any atom is -0.306 e. The molecule has 1 nitrogen and oxygen atoms in total. The molecule has 1 aromatic heterocycles. The number of nitrogens with one attached hydrogen (secondary N) is 1. The van der Waals surface area contributed by atoms with Crippen molar-refractivity contribution in [2.45, 2.75) is 26.3 Å². The molecule has 1 aromatic carbocycles. The highest BCUT2D eigenvalue weighted by molar-refractivity contribution is 9.10. The van der Waals surface area contributed by atoms with E-state index in [4.69, 9.17) is 11.6 Å². The van der Waals surface area contributed by atoms with E-state index in [1.807, 2.05) is 19.1 Å². The molecule has 0 aliphatic carbocycles. The Kier molecular flexibility index (Phi) is 5.61. The highest BCUT2D eigenvalue weighted by Crippen LogP contribution is 2.35. The number of hydrogen-bond acceptors (Lipinski definition) is 2. The molecule has 1 N–H and O–H groups in total. The fourth-order valence-corrected chi connectivity index (χ4v) is 3.71. The van der Waals surface area contributed by atoms with Gasteiger partial charge in [-0.1, -0.05) is 34.5 Å². The molecule has 0 aliphatic heterocycles. The lowest BCUT2D eigenvalue weighted by atomic mass is 10.0. The van der Waals surface area contributed by atoms with Gasteiger partial charge in [-0.25, -0.2) is 4.39 Å². The fourth-order valence-electron chi connectivity index (χ4n) is 2.01. The topological polar surface area (TPSA) is 12.0 Å². The van der Waals surface area contributed by atoms with E-state index < -0.39 is 0 Å². The summed E-state index contributed by atoms with van der Waals surface area (Å²) in [4.78, 5) is 1.04. The van der Waals surface area contributed by atoms with Crippen molar-refractivity contribution in [2.75, 3.05) is 6.54 Å². The van der Waals surface area contributed by atoms with Gasteiger partial charge in [0.05, 0.1) is 10.4 Å². The van der Waals surface area contributed by atoms with E-state index >= 15 is 0 Å². The van der Waals surface area contributed by atoms with Gasteiger partial charge in [0, 0.05) is 14.9 Å². The molecule has 108 valence electrons. The van der Waals surface area contributed by atoms with Gasteiger partial charge in [0.2, 0.25) is 0 Å². The number of thiophene rings is 1. The van der Waals surface area contributed by atoms with Gasteiger partial charge in [-0.15, -0.1) is 11.3 Å². The van der Waals surface area contributed by atoms with Crippen LogP contribution in [0.25, 0.3) is 0 Å². The van der Waals surface area contributed by atoms with Crippen LogP contribution in [0.4, 0.5) is 4.39 Å². The van der Waals surface area contributed by atoms with Gasteiger partial charge >= 0.3 is 0 Å². The Balaban J connectivity index is 2.43. The van der Waals surface area contributed by atoms with Crippen LogP contribution in [-0.2, 0) is 0 Å². The summed E-state index contributed by atoms with van der Waals surface area (Å²) in [5.41, 5.74) is 1.68. The van der Waals surface area contributed by atoms with Crippen LogP contribution in [0.15, 0.2) is 28.7 Å². The first-order chi connectivity index (χ1) is 9.52. The number of hydrogen-bond donors (Lipinski definition) is 1. The van der Waals surface area contributed by atoms with Crippen LogP contribution in [0.1, 0.15) is 35.4 Å². The second-order valence-electron chi connectivity index (χ2n) is 4.66. The molecule has 0 aliphatic rings. The molecule has 0 saturated carbocycles. The summed E-state index contributed by atoms with van der Waals surface area (Å²) in [6.45, 7) is 4.88. The lowest BCUT2D eigenvalue weighted by Gasteiger charge is -2.18. The maximum Gasteiger partial charge on any atom is 0.128 e. The third-order valence-electron chi connectivity index (χ3n) is 3.03. The summed E-state index contributed by atoms with van der Waals surface area (Å²) in [5, 5.41) is 3.40. The van der Waals surface area contributed by atoms with E-state index in [0.717, 1.165) is 32.2 Å². The summed E-state index contributed by atoms with van der Waals surface area (Å²) in [7, 11) is 0. The van der Waals surface area contributed by atoms with Gasteiger partial charge in [0.15, 0.2) is 0 Å². The van der Waals surface area contributed by atoms with Gasteiger partial charge < -0.3 is 5.32 Å². The van der Waals surface area contributed by atoms with Crippen LogP contribution in [0.3, 0.4) is 0 Å². The molecule has 1 heterocycles. The van der Waals surface area contributed by atoms with Gasteiger partial charge in [-0.05, 0) is 49.7 Å². The molecule has 0 fully saturated rings. The smallest absolute Gasteiger partial charge is 0.128 e. The van der Waals surface area contributed by atoms with Gasteiger partial charge in [0.1, 0.15) is 5.82 Å². The zero-order chi connectivity index (χ0) is 14.7. The standard InChI is InChI=1S/C15H16BrClFNS/c1-3-6-19-14(13-7-9(2)15(17)20-13)11-8-10(16)4-5-12(11)18/h4-5,7-8,14,19H,3,6H2,1-2H3. The number of halogens is 3. The zero-order valence-corrected chi connectivity index (χ0v) is 14.5. The first-order valence-corrected chi connectivity index (χ1v) is 8.45. The highest BCUT2D eigenvalue weighted by Gasteiger charge is 2.20. The number of benzene rings is 1. The van der Waals surface area contributed by atoms with Crippen molar-refractivity contribution in [3.05, 3.63) is 54.9 Å². The molecule has 0 bridgehead atoms. The van der Waals surface area contributed by atoms with E-state index in [2.05, 4.69) is 28.2 Å². The van der Waals surface area contributed by atoms with Crippen molar-refractivity contribution >= 4 is 38.9 Å². The second-order valence-corrected chi connectivity index (χ2v) is 7.26. The Labute approximate surface area is 136 Å². The van der Waals surface area contributed by atoms with E-state index in [9.17, 15) is 4.39 Å². The van der Waals surface area contributed by atoms with E-state index in [1.54, 1.807) is 6.07 Å². The lowest BCUT2D eigenvalue weighted by Crippen LogP contribution is -2.23. The van der Waals surface area contributed by atoms with Crippen LogP contribution >= 0.6 is 38.9 Å². The third kappa shape index (κ3) is 3.61. The Hall–Kier alpha value is -0.420. The first kappa shape index (κ1) is 16.0. The number of aryl methyl sites for hydroxylation is 1. The molecule has 0 amide bonds. The number of rotatable bonds is 5. The molecule has 20 heavy (non-hydrogen) atoms. The Bertz CT molecular complexity index is 580. The molecule has 1 unspecified atom stereocenters. The summed E-state index contributed by atoms with van der Waals surface area (Å²) in [5.74, 6) is -0.205. The Morgan fingerprint density at radius 1 is 1.40 bits per heavy atom. The molecular weight excluding hydrogens is 361 g/mol. The molecule has 5 heteroatoms. The van der Waals surface area contributed by atoms with Crippen molar-refractivity contribution in [3.63, 3.8) is 0 Å². The van der Waals surface area contributed by atoms with Crippen LogP contribution in [-0.4, -0.2) is 6.54 Å². The molecule has 1 atom stereocenters. The maximum atomic E-state index is 14.2. The highest BCUT2D eigenvalue weighted by atomic mass is 79.9. The molecular formula is C15H16BrClFNS. The Morgan fingerprint density at radius 2 is 2.15 bits per heavy atom. The second kappa shape index (κ2) is 7.03. The SMILES string of the molecule is CCCNC(c1cc(C)c(Cl)s1)c1cc(Br)ccc1F. The maximum absolute atomic E-state index is 14.2. The molecule has 0 radical (unpaired) electrons. The van der Waals surface area contributed by atoms with Gasteiger partial charge in [-0.2, -0.15) is 0 Å². The van der Waals surface area contributed by atoms with Crippen LogP contribution in [0.5, 0.6) is 0 Å². The minimum absolute atomic E-state index is 0.163. The minimum atomic E-state index is -0.205. The van der Waals surface area contributed by atoms with Crippen molar-refractivity contribution in [3.8, 4) is 0 Å². The monoisotopic (exact) mass is 375 g/mol. The summed E-state index contributed by atoms with van der Waals surface area (Å²) in [6, 6.07) is 6.89. The predicted molar refractivity (Wildman–Crippen MR) is 88.3 cm³/mol. The fraction of sp³-hybridized carbons (Fsp3) is 0.333. The zero-order valence-electron chi connectivity index (χ0n) is 11.3. The van der Waals surface area contributed by atoms with E-state index in [0.29, 0.717) is 5.56 Å². The summed E-state index contributed by atoms with van der Waals surface area (Å²) >= 11 is 11.1. The van der Waals surface area contributed by atoms with Crippen molar-refractivity contribution in [1.29, 1.82) is 0 Å². The van der Waals surface area contributed by atoms with E-state index in [1.165, 1.54) is 17.4 Å². The predicted octanol–water partition coefficient (Wildman–Crippen LogP) is 5.70. The lowest BCUT2D eigenvalue weighted by molar-refractivity contribution is 0.550. The van der Waals surface area contributed by atoms with Crippen molar-refractivity contribution in [2.24, 2.45) is 0 Å². The third-order valence-corrected chi connectivity index (χ3v) is 5.14. The molecule has 0 saturated heterocycles. The largest absolute Gasteiger partial charge is 0.306 e. The van der Waals surface area contributed by atoms with E-state index in [-0.39, 0.29) is 11.9 Å². The normalized spacial score (nSPS) is 12.7. The van der Waals surface area contributed by atoms with Gasteiger partial charge in [-0.3, -0.25) is 0 Å². The average Bonchev–Trinajstić information content (AvgIpc) is 2.74.